The van der Waals surface area contributed by atoms with Gasteiger partial charge in [-0.05, 0) is 19.9 Å². The van der Waals surface area contributed by atoms with Gasteiger partial charge in [0, 0.05) is 4.88 Å². The standard InChI is InChI=1S/C10H10N2O3S/c1-3-15-10(14)8-11-6-4-5(2)16-7(6)9(13)12-8/h4H,3H2,1-2H3,(H,11,12,13). The average Bonchev–Trinajstić information content (AvgIpc) is 2.59. The molecular weight excluding hydrogens is 228 g/mol. The van der Waals surface area contributed by atoms with Crippen molar-refractivity contribution in [3.8, 4) is 0 Å². The van der Waals surface area contributed by atoms with Crippen LogP contribution in [0.2, 0.25) is 0 Å². The Morgan fingerprint density at radius 1 is 1.62 bits per heavy atom. The van der Waals surface area contributed by atoms with Gasteiger partial charge in [-0.3, -0.25) is 9.78 Å². The number of esters is 1. The number of carbonyl (C=O) groups is 1. The molecule has 0 aliphatic carbocycles. The van der Waals surface area contributed by atoms with E-state index in [9.17, 15) is 9.59 Å². The van der Waals surface area contributed by atoms with Crippen LogP contribution in [0.3, 0.4) is 0 Å². The van der Waals surface area contributed by atoms with E-state index in [1.54, 1.807) is 13.0 Å². The maximum Gasteiger partial charge on any atom is 0.374 e. The lowest BCUT2D eigenvalue weighted by Crippen LogP contribution is -2.16. The van der Waals surface area contributed by atoms with E-state index in [0.717, 1.165) is 4.88 Å². The normalized spacial score (nSPS) is 10.6. The summed E-state index contributed by atoms with van der Waals surface area (Å²) in [5.41, 5.74) is 0.237. The summed E-state index contributed by atoms with van der Waals surface area (Å²) in [7, 11) is 0. The Bertz CT molecular complexity index is 600. The van der Waals surface area contributed by atoms with Crippen molar-refractivity contribution in [3.05, 3.63) is 27.1 Å². The Hall–Kier alpha value is -1.69. The molecule has 0 radical (unpaired) electrons. The van der Waals surface area contributed by atoms with Crippen molar-refractivity contribution in [2.75, 3.05) is 6.61 Å². The molecule has 0 amide bonds. The number of fused-ring (bicyclic) bond motifs is 1. The maximum atomic E-state index is 11.6. The average molecular weight is 238 g/mol. The molecule has 2 aromatic rings. The molecular formula is C10H10N2O3S. The zero-order valence-corrected chi connectivity index (χ0v) is 9.68. The molecule has 1 N–H and O–H groups in total. The van der Waals surface area contributed by atoms with E-state index < -0.39 is 5.97 Å². The number of ether oxygens (including phenoxy) is 1. The molecule has 0 aliphatic rings. The predicted molar refractivity (Wildman–Crippen MR) is 60.9 cm³/mol. The van der Waals surface area contributed by atoms with Gasteiger partial charge in [-0.15, -0.1) is 11.3 Å². The molecule has 2 aromatic heterocycles. The Morgan fingerprint density at radius 3 is 3.06 bits per heavy atom. The van der Waals surface area contributed by atoms with E-state index in [1.807, 2.05) is 6.92 Å². The molecule has 0 spiro atoms. The van der Waals surface area contributed by atoms with E-state index in [2.05, 4.69) is 9.97 Å². The summed E-state index contributed by atoms with van der Waals surface area (Å²) >= 11 is 1.35. The number of nitrogens with zero attached hydrogens (tertiary/aromatic N) is 1. The minimum Gasteiger partial charge on any atom is -0.460 e. The predicted octanol–water partition coefficient (Wildman–Crippen LogP) is 1.47. The number of hydrogen-bond acceptors (Lipinski definition) is 5. The monoisotopic (exact) mass is 238 g/mol. The molecule has 5 nitrogen and oxygen atoms in total. The highest BCUT2D eigenvalue weighted by Gasteiger charge is 2.13. The molecule has 84 valence electrons. The number of carbonyl (C=O) groups excluding carboxylic acids is 1. The fraction of sp³-hybridized carbons (Fsp3) is 0.300. The Morgan fingerprint density at radius 2 is 2.38 bits per heavy atom. The van der Waals surface area contributed by atoms with Crippen molar-refractivity contribution in [2.24, 2.45) is 0 Å². The lowest BCUT2D eigenvalue weighted by Gasteiger charge is -1.99. The van der Waals surface area contributed by atoms with E-state index >= 15 is 0 Å². The van der Waals surface area contributed by atoms with Crippen LogP contribution in [0.25, 0.3) is 10.2 Å². The van der Waals surface area contributed by atoms with E-state index in [0.29, 0.717) is 10.2 Å². The fourth-order valence-corrected chi connectivity index (χ4v) is 2.20. The highest BCUT2D eigenvalue weighted by Crippen LogP contribution is 2.19. The van der Waals surface area contributed by atoms with Crippen LogP contribution in [-0.4, -0.2) is 22.5 Å². The number of hydrogen-bond donors (Lipinski definition) is 1. The van der Waals surface area contributed by atoms with Gasteiger partial charge in [-0.1, -0.05) is 0 Å². The minimum absolute atomic E-state index is 0.0443. The first-order valence-corrected chi connectivity index (χ1v) is 5.61. The summed E-state index contributed by atoms with van der Waals surface area (Å²) in [5.74, 6) is -0.650. The molecule has 16 heavy (non-hydrogen) atoms. The third-order valence-corrected chi connectivity index (χ3v) is 3.01. The first-order valence-electron chi connectivity index (χ1n) is 4.79. The number of thiophene rings is 1. The smallest absolute Gasteiger partial charge is 0.374 e. The number of rotatable bonds is 2. The summed E-state index contributed by atoms with van der Waals surface area (Å²) in [6.45, 7) is 3.84. The number of aromatic nitrogens is 2. The molecule has 0 aromatic carbocycles. The Labute approximate surface area is 95.1 Å². The van der Waals surface area contributed by atoms with Gasteiger partial charge in [-0.25, -0.2) is 9.78 Å². The first kappa shape index (κ1) is 10.8. The highest BCUT2D eigenvalue weighted by atomic mass is 32.1. The molecule has 2 heterocycles. The van der Waals surface area contributed by atoms with Crippen LogP contribution in [0, 0.1) is 6.92 Å². The molecule has 0 unspecified atom stereocenters. The zero-order valence-electron chi connectivity index (χ0n) is 8.86. The van der Waals surface area contributed by atoms with Crippen molar-refractivity contribution in [1.82, 2.24) is 9.97 Å². The number of aromatic amines is 1. The van der Waals surface area contributed by atoms with Gasteiger partial charge in [0.15, 0.2) is 0 Å². The van der Waals surface area contributed by atoms with Crippen LogP contribution < -0.4 is 5.56 Å². The van der Waals surface area contributed by atoms with Gasteiger partial charge in [-0.2, -0.15) is 0 Å². The second-order valence-electron chi connectivity index (χ2n) is 3.21. The van der Waals surface area contributed by atoms with Crippen molar-refractivity contribution >= 4 is 27.5 Å². The van der Waals surface area contributed by atoms with Crippen molar-refractivity contribution in [3.63, 3.8) is 0 Å². The van der Waals surface area contributed by atoms with Crippen LogP contribution in [0.5, 0.6) is 0 Å². The third kappa shape index (κ3) is 1.83. The lowest BCUT2D eigenvalue weighted by molar-refractivity contribution is 0.0512. The minimum atomic E-state index is -0.606. The summed E-state index contributed by atoms with van der Waals surface area (Å²) < 4.78 is 5.30. The summed E-state index contributed by atoms with van der Waals surface area (Å²) in [5, 5.41) is 0. The van der Waals surface area contributed by atoms with E-state index in [-0.39, 0.29) is 18.0 Å². The van der Waals surface area contributed by atoms with Gasteiger partial charge in [0.05, 0.1) is 12.1 Å². The maximum absolute atomic E-state index is 11.6. The van der Waals surface area contributed by atoms with Crippen LogP contribution in [0.4, 0.5) is 0 Å². The van der Waals surface area contributed by atoms with Gasteiger partial charge in [0.1, 0.15) is 4.70 Å². The fourth-order valence-electron chi connectivity index (χ4n) is 1.36. The summed E-state index contributed by atoms with van der Waals surface area (Å²) in [6.07, 6.45) is 0. The molecule has 0 fully saturated rings. The molecule has 0 saturated carbocycles. The molecule has 0 saturated heterocycles. The summed E-state index contributed by atoms with van der Waals surface area (Å²) in [6, 6.07) is 1.78. The van der Waals surface area contributed by atoms with Gasteiger partial charge < -0.3 is 4.74 Å². The largest absolute Gasteiger partial charge is 0.460 e. The first-order chi connectivity index (χ1) is 7.61. The van der Waals surface area contributed by atoms with Crippen molar-refractivity contribution in [1.29, 1.82) is 0 Å². The quantitative estimate of drug-likeness (QED) is 0.804. The Balaban J connectivity index is 2.57. The van der Waals surface area contributed by atoms with Crippen LogP contribution in [0.1, 0.15) is 22.4 Å². The van der Waals surface area contributed by atoms with Gasteiger partial charge in [0.25, 0.3) is 5.56 Å². The van der Waals surface area contributed by atoms with Gasteiger partial charge in [0.2, 0.25) is 5.82 Å². The topological polar surface area (TPSA) is 72.0 Å². The Kier molecular flexibility index (Phi) is 2.74. The van der Waals surface area contributed by atoms with Crippen LogP contribution in [0.15, 0.2) is 10.9 Å². The molecule has 0 bridgehead atoms. The number of aryl methyl sites for hydroxylation is 1. The van der Waals surface area contributed by atoms with Crippen LogP contribution >= 0.6 is 11.3 Å². The second kappa shape index (κ2) is 4.05. The molecule has 2 rings (SSSR count). The van der Waals surface area contributed by atoms with E-state index in [1.165, 1.54) is 11.3 Å². The number of H-pyrrole nitrogens is 1. The molecule has 6 heteroatoms. The van der Waals surface area contributed by atoms with Gasteiger partial charge >= 0.3 is 5.97 Å². The van der Waals surface area contributed by atoms with E-state index in [4.69, 9.17) is 4.74 Å². The van der Waals surface area contributed by atoms with Crippen LogP contribution in [-0.2, 0) is 4.74 Å². The van der Waals surface area contributed by atoms with Crippen molar-refractivity contribution in [2.45, 2.75) is 13.8 Å². The summed E-state index contributed by atoms with van der Waals surface area (Å²) in [4.78, 5) is 30.5. The number of nitrogens with one attached hydrogen (secondary N) is 1. The lowest BCUT2D eigenvalue weighted by atomic mass is 10.4. The highest BCUT2D eigenvalue weighted by molar-refractivity contribution is 7.18. The zero-order chi connectivity index (χ0) is 11.7. The second-order valence-corrected chi connectivity index (χ2v) is 4.46. The molecule has 0 aliphatic heterocycles. The SMILES string of the molecule is CCOC(=O)c1nc2cc(C)sc2c(=O)[nH]1. The third-order valence-electron chi connectivity index (χ3n) is 1.97. The van der Waals surface area contributed by atoms with Crippen molar-refractivity contribution < 1.29 is 9.53 Å². The molecule has 0 atom stereocenters.